The molecule has 1 saturated heterocycles. The number of nitrogens with one attached hydrogen (secondary N) is 1. The second kappa shape index (κ2) is 7.59. The van der Waals surface area contributed by atoms with Crippen molar-refractivity contribution in [1.29, 1.82) is 0 Å². The van der Waals surface area contributed by atoms with Crippen LogP contribution in [0.4, 0.5) is 11.5 Å². The summed E-state index contributed by atoms with van der Waals surface area (Å²) >= 11 is 0. The van der Waals surface area contributed by atoms with E-state index in [1.165, 1.54) is 31.9 Å². The van der Waals surface area contributed by atoms with Crippen molar-refractivity contribution >= 4 is 17.4 Å². The highest BCUT2D eigenvalue weighted by molar-refractivity contribution is 6.02. The molecule has 0 spiro atoms. The lowest BCUT2D eigenvalue weighted by Gasteiger charge is -2.21. The maximum Gasteiger partial charge on any atom is 0.275 e. The van der Waals surface area contributed by atoms with Crippen LogP contribution in [0.15, 0.2) is 30.6 Å². The van der Waals surface area contributed by atoms with E-state index in [9.17, 15) is 4.79 Å². The van der Waals surface area contributed by atoms with E-state index >= 15 is 0 Å². The van der Waals surface area contributed by atoms with Crippen LogP contribution in [0.2, 0.25) is 0 Å². The van der Waals surface area contributed by atoms with Crippen molar-refractivity contribution in [3.63, 3.8) is 0 Å². The van der Waals surface area contributed by atoms with Gasteiger partial charge in [-0.15, -0.1) is 0 Å². The Morgan fingerprint density at radius 2 is 1.73 bits per heavy atom. The summed E-state index contributed by atoms with van der Waals surface area (Å²) in [7, 11) is 0. The molecule has 4 rings (SSSR count). The van der Waals surface area contributed by atoms with Crippen molar-refractivity contribution in [1.82, 2.24) is 9.97 Å². The van der Waals surface area contributed by atoms with Crippen LogP contribution in [0, 0.1) is 0 Å². The number of hydrogen-bond acceptors (Lipinski definition) is 6. The van der Waals surface area contributed by atoms with Crippen molar-refractivity contribution in [3.05, 3.63) is 36.3 Å². The van der Waals surface area contributed by atoms with Crippen LogP contribution in [0.25, 0.3) is 0 Å². The van der Waals surface area contributed by atoms with Gasteiger partial charge in [0.2, 0.25) is 0 Å². The Balaban J connectivity index is 1.43. The van der Waals surface area contributed by atoms with E-state index in [2.05, 4.69) is 20.2 Å². The molecule has 0 saturated carbocycles. The van der Waals surface area contributed by atoms with Crippen LogP contribution >= 0.6 is 0 Å². The first-order valence-electron chi connectivity index (χ1n) is 9.07. The topological polar surface area (TPSA) is 76.6 Å². The number of rotatable bonds is 3. The van der Waals surface area contributed by atoms with Gasteiger partial charge in [0.05, 0.1) is 12.4 Å². The SMILES string of the molecule is O=C(Nc1ccc2c(c1)OCCO2)c1cnc(N2CCCCCC2)cn1. The van der Waals surface area contributed by atoms with Gasteiger partial charge in [-0.05, 0) is 25.0 Å². The van der Waals surface area contributed by atoms with Crippen molar-refractivity contribution in [2.45, 2.75) is 25.7 Å². The lowest BCUT2D eigenvalue weighted by atomic mass is 10.2. The van der Waals surface area contributed by atoms with E-state index in [0.29, 0.717) is 36.1 Å². The molecule has 1 aromatic heterocycles. The molecule has 2 aromatic rings. The molecule has 0 atom stereocenters. The zero-order valence-electron chi connectivity index (χ0n) is 14.6. The first-order valence-corrected chi connectivity index (χ1v) is 9.07. The van der Waals surface area contributed by atoms with Gasteiger partial charge in [-0.1, -0.05) is 12.8 Å². The molecule has 0 aliphatic carbocycles. The monoisotopic (exact) mass is 354 g/mol. The third-order valence-corrected chi connectivity index (χ3v) is 4.60. The van der Waals surface area contributed by atoms with E-state index in [0.717, 1.165) is 18.9 Å². The van der Waals surface area contributed by atoms with Crippen LogP contribution in [0.3, 0.4) is 0 Å². The minimum absolute atomic E-state index is 0.290. The van der Waals surface area contributed by atoms with Gasteiger partial charge in [-0.3, -0.25) is 4.79 Å². The van der Waals surface area contributed by atoms with Gasteiger partial charge in [0.25, 0.3) is 5.91 Å². The number of benzene rings is 1. The van der Waals surface area contributed by atoms with E-state index in [-0.39, 0.29) is 5.91 Å². The molecule has 1 amide bonds. The van der Waals surface area contributed by atoms with E-state index in [1.807, 2.05) is 0 Å². The molecular formula is C19H22N4O3. The minimum atomic E-state index is -0.295. The molecule has 1 N–H and O–H groups in total. The summed E-state index contributed by atoms with van der Waals surface area (Å²) in [6, 6.07) is 5.33. The van der Waals surface area contributed by atoms with Gasteiger partial charge < -0.3 is 19.7 Å². The Bertz CT molecular complexity index is 771. The number of ether oxygens (including phenoxy) is 2. The smallest absolute Gasteiger partial charge is 0.275 e. The second-order valence-corrected chi connectivity index (χ2v) is 6.47. The number of amides is 1. The fourth-order valence-electron chi connectivity index (χ4n) is 3.22. The number of hydrogen-bond donors (Lipinski definition) is 1. The zero-order valence-corrected chi connectivity index (χ0v) is 14.6. The van der Waals surface area contributed by atoms with Crippen LogP contribution in [-0.4, -0.2) is 42.2 Å². The van der Waals surface area contributed by atoms with E-state index < -0.39 is 0 Å². The fourth-order valence-corrected chi connectivity index (χ4v) is 3.22. The van der Waals surface area contributed by atoms with Gasteiger partial charge in [-0.25, -0.2) is 9.97 Å². The van der Waals surface area contributed by atoms with Crippen molar-refractivity contribution in [3.8, 4) is 11.5 Å². The summed E-state index contributed by atoms with van der Waals surface area (Å²) in [6.45, 7) is 3.04. The number of anilines is 2. The summed E-state index contributed by atoms with van der Waals surface area (Å²) in [4.78, 5) is 23.4. The Morgan fingerprint density at radius 1 is 0.962 bits per heavy atom. The van der Waals surface area contributed by atoms with Gasteiger partial charge in [0, 0.05) is 24.8 Å². The third-order valence-electron chi connectivity index (χ3n) is 4.60. The molecule has 7 heteroatoms. The predicted molar refractivity (Wildman–Crippen MR) is 98.1 cm³/mol. The molecule has 1 aromatic carbocycles. The van der Waals surface area contributed by atoms with Gasteiger partial charge >= 0.3 is 0 Å². The molecule has 26 heavy (non-hydrogen) atoms. The maximum atomic E-state index is 12.4. The molecule has 0 bridgehead atoms. The Morgan fingerprint density at radius 3 is 2.46 bits per heavy atom. The van der Waals surface area contributed by atoms with Crippen LogP contribution in [-0.2, 0) is 0 Å². The highest BCUT2D eigenvalue weighted by Crippen LogP contribution is 2.32. The molecule has 7 nitrogen and oxygen atoms in total. The van der Waals surface area contributed by atoms with Gasteiger partial charge in [-0.2, -0.15) is 0 Å². The van der Waals surface area contributed by atoms with E-state index in [4.69, 9.17) is 9.47 Å². The lowest BCUT2D eigenvalue weighted by Crippen LogP contribution is -2.25. The highest BCUT2D eigenvalue weighted by Gasteiger charge is 2.16. The molecular weight excluding hydrogens is 332 g/mol. The van der Waals surface area contributed by atoms with E-state index in [1.54, 1.807) is 24.4 Å². The van der Waals surface area contributed by atoms with Crippen LogP contribution < -0.4 is 19.7 Å². The number of aromatic nitrogens is 2. The average molecular weight is 354 g/mol. The summed E-state index contributed by atoms with van der Waals surface area (Å²) in [5.41, 5.74) is 0.927. The Hall–Kier alpha value is -2.83. The highest BCUT2D eigenvalue weighted by atomic mass is 16.6. The van der Waals surface area contributed by atoms with Crippen LogP contribution in [0.1, 0.15) is 36.2 Å². The predicted octanol–water partition coefficient (Wildman–Crippen LogP) is 2.88. The quantitative estimate of drug-likeness (QED) is 0.913. The zero-order chi connectivity index (χ0) is 17.8. The summed E-state index contributed by atoms with van der Waals surface area (Å²) in [5.74, 6) is 1.87. The molecule has 2 aliphatic rings. The molecule has 0 unspecified atom stereocenters. The molecule has 1 fully saturated rings. The van der Waals surface area contributed by atoms with Crippen molar-refractivity contribution in [2.24, 2.45) is 0 Å². The van der Waals surface area contributed by atoms with Crippen LogP contribution in [0.5, 0.6) is 11.5 Å². The Labute approximate surface area is 152 Å². The summed E-state index contributed by atoms with van der Waals surface area (Å²) in [6.07, 6.45) is 8.10. The first kappa shape index (κ1) is 16.6. The lowest BCUT2D eigenvalue weighted by molar-refractivity contribution is 0.102. The number of nitrogens with zero attached hydrogens (tertiary/aromatic N) is 3. The molecule has 2 aliphatic heterocycles. The standard InChI is InChI=1S/C19H22N4O3/c24-19(22-14-5-6-16-17(11-14)26-10-9-25-16)15-12-21-18(13-20-15)23-7-3-1-2-4-8-23/h5-6,11-13H,1-4,7-10H2,(H,22,24). The van der Waals surface area contributed by atoms with Gasteiger partial charge in [0.15, 0.2) is 11.5 Å². The minimum Gasteiger partial charge on any atom is -0.486 e. The largest absolute Gasteiger partial charge is 0.486 e. The first-order chi connectivity index (χ1) is 12.8. The van der Waals surface area contributed by atoms with Gasteiger partial charge in [0.1, 0.15) is 24.7 Å². The third kappa shape index (κ3) is 3.71. The summed E-state index contributed by atoms with van der Waals surface area (Å²) < 4.78 is 11.0. The van der Waals surface area contributed by atoms with Crippen molar-refractivity contribution < 1.29 is 14.3 Å². The van der Waals surface area contributed by atoms with Crippen molar-refractivity contribution in [2.75, 3.05) is 36.5 Å². The number of fused-ring (bicyclic) bond motifs is 1. The fraction of sp³-hybridized carbons (Fsp3) is 0.421. The molecule has 0 radical (unpaired) electrons. The normalized spacial score (nSPS) is 16.7. The maximum absolute atomic E-state index is 12.4. The second-order valence-electron chi connectivity index (χ2n) is 6.47. The number of carbonyl (C=O) groups excluding carboxylic acids is 1. The molecule has 136 valence electrons. The summed E-state index contributed by atoms with van der Waals surface area (Å²) in [5, 5.41) is 2.83. The Kier molecular flexibility index (Phi) is 4.86. The molecule has 3 heterocycles. The number of carbonyl (C=O) groups is 1. The average Bonchev–Trinajstić information content (AvgIpc) is 2.97.